The maximum Gasteiger partial charge on any atom is 0.279 e. The highest BCUT2D eigenvalue weighted by atomic mass is 32.2. The standard InChI is InChI=1S/C14H21N3O3S/c1-10(16-21(19,20)17(2)3)11-6-8-13(9-7-11)15-14(18)12-4-5-12/h6-10,12,16H,4-5H2,1-3H3,(H,15,18)/t10-/m0/s1. The number of nitrogens with zero attached hydrogens (tertiary/aromatic N) is 1. The Morgan fingerprint density at radius 3 is 2.29 bits per heavy atom. The zero-order valence-corrected chi connectivity index (χ0v) is 13.3. The molecule has 6 nitrogen and oxygen atoms in total. The Kier molecular flexibility index (Phi) is 4.65. The molecule has 0 unspecified atom stereocenters. The summed E-state index contributed by atoms with van der Waals surface area (Å²) >= 11 is 0. The molecule has 0 radical (unpaired) electrons. The van der Waals surface area contributed by atoms with Gasteiger partial charge in [-0.1, -0.05) is 12.1 Å². The summed E-state index contributed by atoms with van der Waals surface area (Å²) in [6.45, 7) is 1.78. The zero-order valence-electron chi connectivity index (χ0n) is 12.5. The van der Waals surface area contributed by atoms with Gasteiger partial charge in [0.2, 0.25) is 5.91 Å². The van der Waals surface area contributed by atoms with E-state index in [1.807, 2.05) is 12.1 Å². The van der Waals surface area contributed by atoms with E-state index < -0.39 is 10.2 Å². The summed E-state index contributed by atoms with van der Waals surface area (Å²) in [4.78, 5) is 11.6. The molecule has 1 aromatic rings. The van der Waals surface area contributed by atoms with Crippen LogP contribution >= 0.6 is 0 Å². The molecule has 1 aliphatic carbocycles. The van der Waals surface area contributed by atoms with Crippen LogP contribution in [0, 0.1) is 5.92 Å². The van der Waals surface area contributed by atoms with Crippen molar-refractivity contribution < 1.29 is 13.2 Å². The van der Waals surface area contributed by atoms with E-state index in [1.54, 1.807) is 19.1 Å². The van der Waals surface area contributed by atoms with Crippen molar-refractivity contribution in [1.82, 2.24) is 9.03 Å². The number of anilines is 1. The quantitative estimate of drug-likeness (QED) is 0.835. The molecule has 0 saturated heterocycles. The molecule has 0 heterocycles. The van der Waals surface area contributed by atoms with Crippen molar-refractivity contribution in [2.75, 3.05) is 19.4 Å². The fraction of sp³-hybridized carbons (Fsp3) is 0.500. The number of carbonyl (C=O) groups is 1. The lowest BCUT2D eigenvalue weighted by Crippen LogP contribution is -2.37. The van der Waals surface area contributed by atoms with Crippen molar-refractivity contribution in [2.45, 2.75) is 25.8 Å². The van der Waals surface area contributed by atoms with Crippen LogP contribution in [0.15, 0.2) is 24.3 Å². The third-order valence-electron chi connectivity index (χ3n) is 3.43. The minimum Gasteiger partial charge on any atom is -0.326 e. The first-order valence-electron chi connectivity index (χ1n) is 6.90. The number of nitrogens with one attached hydrogen (secondary N) is 2. The van der Waals surface area contributed by atoms with Gasteiger partial charge in [0.1, 0.15) is 0 Å². The molecule has 1 fully saturated rings. The summed E-state index contributed by atoms with van der Waals surface area (Å²) in [6.07, 6.45) is 1.93. The Labute approximate surface area is 125 Å². The van der Waals surface area contributed by atoms with Crippen LogP contribution in [0.5, 0.6) is 0 Å². The lowest BCUT2D eigenvalue weighted by molar-refractivity contribution is -0.117. The summed E-state index contributed by atoms with van der Waals surface area (Å²) in [5, 5.41) is 2.85. The summed E-state index contributed by atoms with van der Waals surface area (Å²) in [5.74, 6) is 0.222. The van der Waals surface area contributed by atoms with E-state index in [1.165, 1.54) is 14.1 Å². The largest absolute Gasteiger partial charge is 0.326 e. The van der Waals surface area contributed by atoms with Crippen molar-refractivity contribution >= 4 is 21.8 Å². The Bertz CT molecular complexity index is 607. The summed E-state index contributed by atoms with van der Waals surface area (Å²) in [6, 6.07) is 6.86. The second kappa shape index (κ2) is 6.13. The molecule has 0 aromatic heterocycles. The summed E-state index contributed by atoms with van der Waals surface area (Å²) < 4.78 is 27.2. The van der Waals surface area contributed by atoms with Gasteiger partial charge in [-0.05, 0) is 37.5 Å². The SMILES string of the molecule is C[C@H](NS(=O)(=O)N(C)C)c1ccc(NC(=O)C2CC2)cc1. The number of carbonyl (C=O) groups excluding carboxylic acids is 1. The molecule has 2 rings (SSSR count). The van der Waals surface area contributed by atoms with Crippen LogP contribution in [-0.4, -0.2) is 32.7 Å². The maximum absolute atomic E-state index is 11.8. The topological polar surface area (TPSA) is 78.5 Å². The van der Waals surface area contributed by atoms with Gasteiger partial charge < -0.3 is 5.32 Å². The second-order valence-electron chi connectivity index (χ2n) is 5.51. The number of rotatable bonds is 6. The van der Waals surface area contributed by atoms with Crippen LogP contribution in [0.3, 0.4) is 0 Å². The van der Waals surface area contributed by atoms with Crippen LogP contribution in [0.1, 0.15) is 31.4 Å². The average molecular weight is 311 g/mol. The highest BCUT2D eigenvalue weighted by Gasteiger charge is 2.29. The molecule has 1 amide bonds. The fourth-order valence-electron chi connectivity index (χ4n) is 1.84. The third-order valence-corrected chi connectivity index (χ3v) is 5.05. The first-order valence-corrected chi connectivity index (χ1v) is 8.34. The molecule has 0 spiro atoms. The Morgan fingerprint density at radius 2 is 1.81 bits per heavy atom. The van der Waals surface area contributed by atoms with Gasteiger partial charge in [0, 0.05) is 31.7 Å². The van der Waals surface area contributed by atoms with Crippen LogP contribution in [-0.2, 0) is 15.0 Å². The molecule has 1 aromatic carbocycles. The molecule has 1 saturated carbocycles. The fourth-order valence-corrected chi connectivity index (χ4v) is 2.64. The van der Waals surface area contributed by atoms with Crippen LogP contribution in [0.25, 0.3) is 0 Å². The van der Waals surface area contributed by atoms with Gasteiger partial charge in [0.15, 0.2) is 0 Å². The Morgan fingerprint density at radius 1 is 1.24 bits per heavy atom. The van der Waals surface area contributed by atoms with Crippen molar-refractivity contribution in [3.05, 3.63) is 29.8 Å². The molecule has 1 atom stereocenters. The first kappa shape index (κ1) is 15.9. The first-order chi connectivity index (χ1) is 9.79. The molecule has 116 valence electrons. The minimum absolute atomic E-state index is 0.0594. The molecule has 0 bridgehead atoms. The average Bonchev–Trinajstić information content (AvgIpc) is 3.23. The zero-order chi connectivity index (χ0) is 15.6. The lowest BCUT2D eigenvalue weighted by Gasteiger charge is -2.18. The van der Waals surface area contributed by atoms with E-state index in [2.05, 4.69) is 10.0 Å². The number of hydrogen-bond acceptors (Lipinski definition) is 3. The predicted molar refractivity (Wildman–Crippen MR) is 82.0 cm³/mol. The van der Waals surface area contributed by atoms with Gasteiger partial charge in [-0.2, -0.15) is 17.4 Å². The van der Waals surface area contributed by atoms with Gasteiger partial charge in [-0.3, -0.25) is 4.79 Å². The highest BCUT2D eigenvalue weighted by Crippen LogP contribution is 2.30. The van der Waals surface area contributed by atoms with Crippen molar-refractivity contribution in [2.24, 2.45) is 5.92 Å². The van der Waals surface area contributed by atoms with Crippen molar-refractivity contribution in [3.8, 4) is 0 Å². The lowest BCUT2D eigenvalue weighted by atomic mass is 10.1. The van der Waals surface area contributed by atoms with Crippen LogP contribution in [0.4, 0.5) is 5.69 Å². The van der Waals surface area contributed by atoms with Gasteiger partial charge in [0.25, 0.3) is 10.2 Å². The van der Waals surface area contributed by atoms with Gasteiger partial charge >= 0.3 is 0 Å². The molecular weight excluding hydrogens is 290 g/mol. The summed E-state index contributed by atoms with van der Waals surface area (Å²) in [5.41, 5.74) is 1.57. The molecule has 1 aliphatic rings. The van der Waals surface area contributed by atoms with Crippen molar-refractivity contribution in [1.29, 1.82) is 0 Å². The molecule has 0 aliphatic heterocycles. The summed E-state index contributed by atoms with van der Waals surface area (Å²) in [7, 11) is -0.509. The van der Waals surface area contributed by atoms with Crippen molar-refractivity contribution in [3.63, 3.8) is 0 Å². The molecule has 21 heavy (non-hydrogen) atoms. The van der Waals surface area contributed by atoms with E-state index >= 15 is 0 Å². The minimum atomic E-state index is -3.46. The van der Waals surface area contributed by atoms with E-state index in [0.29, 0.717) is 0 Å². The van der Waals surface area contributed by atoms with Crippen LogP contribution in [0.2, 0.25) is 0 Å². The Hall–Kier alpha value is -1.44. The number of benzene rings is 1. The van der Waals surface area contributed by atoms with E-state index in [4.69, 9.17) is 0 Å². The Balaban J connectivity index is 1.99. The van der Waals surface area contributed by atoms with E-state index in [9.17, 15) is 13.2 Å². The monoisotopic (exact) mass is 311 g/mol. The highest BCUT2D eigenvalue weighted by molar-refractivity contribution is 7.87. The predicted octanol–water partition coefficient (Wildman–Crippen LogP) is 1.49. The number of amides is 1. The van der Waals surface area contributed by atoms with Gasteiger partial charge in [0.05, 0.1) is 0 Å². The smallest absolute Gasteiger partial charge is 0.279 e. The third kappa shape index (κ3) is 4.26. The normalized spacial score (nSPS) is 16.8. The second-order valence-corrected chi connectivity index (χ2v) is 7.43. The molecule has 2 N–H and O–H groups in total. The van der Waals surface area contributed by atoms with E-state index in [0.717, 1.165) is 28.4 Å². The van der Waals surface area contributed by atoms with Gasteiger partial charge in [-0.15, -0.1) is 0 Å². The van der Waals surface area contributed by atoms with Gasteiger partial charge in [-0.25, -0.2) is 0 Å². The van der Waals surface area contributed by atoms with E-state index in [-0.39, 0.29) is 17.9 Å². The molecular formula is C14H21N3O3S. The number of hydrogen-bond donors (Lipinski definition) is 2. The van der Waals surface area contributed by atoms with Crippen LogP contribution < -0.4 is 10.0 Å². The molecule has 7 heteroatoms. The maximum atomic E-state index is 11.8.